The van der Waals surface area contributed by atoms with Crippen LogP contribution in [0.2, 0.25) is 0 Å². The summed E-state index contributed by atoms with van der Waals surface area (Å²) in [6, 6.07) is 0. The number of quaternary nitrogens is 2. The molecule has 0 aromatic heterocycles. The van der Waals surface area contributed by atoms with Gasteiger partial charge in [-0.25, -0.2) is 0 Å². The van der Waals surface area contributed by atoms with E-state index in [4.69, 9.17) is 0 Å². The maximum atomic E-state index is 0. The highest BCUT2D eigenvalue weighted by Gasteiger charge is -0.368. The molecule has 0 saturated carbocycles. The Morgan fingerprint density at radius 2 is 0.600 bits per heavy atom. The van der Waals surface area contributed by atoms with E-state index >= 15 is 0 Å². The lowest BCUT2D eigenvalue weighted by Crippen LogP contribution is -3.00. The molecule has 0 aromatic carbocycles. The average Bonchev–Trinajstić information content (AvgIpc) is 0. The minimum atomic E-state index is 0. The molecule has 40 valence electrons. The van der Waals surface area contributed by atoms with Crippen LogP contribution in [0.15, 0.2) is 0 Å². The van der Waals surface area contributed by atoms with Crippen molar-refractivity contribution in [2.75, 3.05) is 0 Å². The van der Waals surface area contributed by atoms with E-state index in [0.717, 1.165) is 0 Å². The van der Waals surface area contributed by atoms with Crippen molar-refractivity contribution in [1.29, 1.82) is 0 Å². The Bertz CT molecular complexity index is 7.61. The molecule has 0 aliphatic heterocycles. The smallest absolute Gasteiger partial charge is 0.369 e. The minimum absolute atomic E-state index is 0. The van der Waals surface area contributed by atoms with Gasteiger partial charge >= 0.3 is 0 Å². The highest BCUT2D eigenvalue weighted by Crippen LogP contribution is -0.289. The van der Waals surface area contributed by atoms with Crippen molar-refractivity contribution in [2.45, 2.75) is 0 Å². The first kappa shape index (κ1) is 194. The molecule has 0 radical (unpaired) electrons. The van der Waals surface area contributed by atoms with Gasteiger partial charge in [0.05, 0.1) is 0 Å². The van der Waals surface area contributed by atoms with E-state index in [1.54, 1.807) is 0 Å². The van der Waals surface area contributed by atoms with Crippen LogP contribution in [0.5, 0.6) is 0 Å². The van der Waals surface area contributed by atoms with Crippen LogP contribution in [0, 0.1) is 0 Å². The predicted molar refractivity (Wildman–Crippen MR) is 15.6 cm³/mol. The van der Waals surface area contributed by atoms with E-state index in [9.17, 15) is 0 Å². The minimum Gasteiger partial charge on any atom is -1.00 e. The summed E-state index contributed by atoms with van der Waals surface area (Å²) in [5.74, 6) is 0. The predicted octanol–water partition coefficient (Wildman–Crippen LogP) is -6.06. The highest BCUT2D eigenvalue weighted by molar-refractivity contribution is 2.14. The molecule has 0 fully saturated rings. The number of rotatable bonds is 0. The second kappa shape index (κ2) is 101. The van der Waals surface area contributed by atoms with Crippen molar-refractivity contribution in [1.82, 2.24) is 12.3 Å². The van der Waals surface area contributed by atoms with Crippen LogP contribution in [0.4, 0.5) is 0 Å². The highest BCUT2D eigenvalue weighted by atomic mass is 79.9. The van der Waals surface area contributed by atoms with Crippen LogP contribution >= 0.6 is 0 Å². The standard InChI is InChI=1S/2BrH.2H3N.H2O/h2*1H;2*1H3;1H2. The molecular weight excluding hydrogens is 204 g/mol. The van der Waals surface area contributed by atoms with E-state index in [1.165, 1.54) is 0 Å². The van der Waals surface area contributed by atoms with Gasteiger partial charge in [0, 0.05) is 0 Å². The van der Waals surface area contributed by atoms with Crippen molar-refractivity contribution in [3.63, 3.8) is 0 Å². The Morgan fingerprint density at radius 1 is 0.600 bits per heavy atom. The van der Waals surface area contributed by atoms with Crippen molar-refractivity contribution in [3.05, 3.63) is 0 Å². The van der Waals surface area contributed by atoms with Gasteiger partial charge in [-0.1, -0.05) is 0 Å². The van der Waals surface area contributed by atoms with Crippen molar-refractivity contribution >= 4 is 0 Å². The fraction of sp³-hybridized carbons (Fsp3) is 0. The van der Waals surface area contributed by atoms with Crippen LogP contribution in [0.25, 0.3) is 0 Å². The number of hydrogen-bond donors (Lipinski definition) is 2. The summed E-state index contributed by atoms with van der Waals surface area (Å²) in [6.07, 6.45) is 0. The van der Waals surface area contributed by atoms with Gasteiger partial charge in [0.15, 0.2) is 0 Å². The summed E-state index contributed by atoms with van der Waals surface area (Å²) in [4.78, 5) is 0. The van der Waals surface area contributed by atoms with E-state index < -0.39 is 0 Å². The van der Waals surface area contributed by atoms with Gasteiger partial charge in [-0.3, -0.25) is 0 Å². The third kappa shape index (κ3) is 55.3. The molecule has 3 nitrogen and oxygen atoms in total. The maximum absolute atomic E-state index is 0. The molecule has 0 saturated heterocycles. The quantitative estimate of drug-likeness (QED) is 0.400. The molecule has 0 heterocycles. The van der Waals surface area contributed by atoms with Crippen LogP contribution in [-0.4, -0.2) is 5.48 Å². The molecule has 10 N–H and O–H groups in total. The van der Waals surface area contributed by atoms with Gasteiger partial charge in [-0.15, -0.1) is 0 Å². The van der Waals surface area contributed by atoms with E-state index in [-0.39, 0.29) is 51.7 Å². The van der Waals surface area contributed by atoms with E-state index in [0.29, 0.717) is 0 Å². The second-order valence-corrected chi connectivity index (χ2v) is 0. The third-order valence-electron chi connectivity index (χ3n) is 0. The van der Waals surface area contributed by atoms with Gasteiger partial charge in [0.25, 0.3) is 0 Å². The lowest BCUT2D eigenvalue weighted by Gasteiger charge is -1.00. The summed E-state index contributed by atoms with van der Waals surface area (Å²) in [7, 11) is 0. The summed E-state index contributed by atoms with van der Waals surface area (Å²) < 4.78 is 0. The summed E-state index contributed by atoms with van der Waals surface area (Å²) in [5.41, 5.74) is 0. The first-order chi connectivity index (χ1) is 0. The Hall–Kier alpha value is 0.840. The summed E-state index contributed by atoms with van der Waals surface area (Å²) >= 11 is 0. The molecule has 0 amide bonds. The molecule has 0 aliphatic carbocycles. The molecule has 0 atom stereocenters. The van der Waals surface area contributed by atoms with E-state index in [1.807, 2.05) is 0 Å². The molecule has 0 aromatic rings. The topological polar surface area (TPSA) is 104 Å². The zero-order valence-corrected chi connectivity index (χ0v) is 6.43. The van der Waals surface area contributed by atoms with Crippen LogP contribution < -0.4 is 46.3 Å². The van der Waals surface area contributed by atoms with Crippen LogP contribution in [0.3, 0.4) is 0 Å². The van der Waals surface area contributed by atoms with Gasteiger partial charge < -0.3 is 51.7 Å². The first-order valence-electron chi connectivity index (χ1n) is 0. The molecule has 0 spiro atoms. The second-order valence-electron chi connectivity index (χ2n) is 0. The lowest BCUT2D eigenvalue weighted by atomic mass is 14.0. The SMILES string of the molecule is O.[Br-].[Br-].[NH4+].[NH4+]. The molecule has 5 heavy (non-hydrogen) atoms. The Morgan fingerprint density at radius 3 is 0.600 bits per heavy atom. The number of hydrogen-bond acceptors (Lipinski definition) is 0. The third-order valence-corrected chi connectivity index (χ3v) is 0. The zero-order chi connectivity index (χ0) is 0. The van der Waals surface area contributed by atoms with Crippen molar-refractivity contribution in [2.24, 2.45) is 0 Å². The fourth-order valence-corrected chi connectivity index (χ4v) is 0. The Kier molecular flexibility index (Phi) is 3920. The molecule has 5 heteroatoms. The van der Waals surface area contributed by atoms with Gasteiger partial charge in [-0.05, 0) is 0 Å². The summed E-state index contributed by atoms with van der Waals surface area (Å²) in [5, 5.41) is 0. The normalized spacial score (nSPS) is 0. The molecule has 0 bridgehead atoms. The molecular formula is H10Br2N2O. The fourth-order valence-electron chi connectivity index (χ4n) is 0. The zero-order valence-electron chi connectivity index (χ0n) is 3.26. The van der Waals surface area contributed by atoms with Gasteiger partial charge in [0.2, 0.25) is 0 Å². The summed E-state index contributed by atoms with van der Waals surface area (Å²) in [6.45, 7) is 0. The van der Waals surface area contributed by atoms with Gasteiger partial charge in [-0.2, -0.15) is 0 Å². The van der Waals surface area contributed by atoms with Gasteiger partial charge in [0.1, 0.15) is 0 Å². The van der Waals surface area contributed by atoms with Crippen LogP contribution in [-0.2, 0) is 0 Å². The molecule has 0 aliphatic rings. The molecule has 0 unspecified atom stereocenters. The Balaban J connectivity index is 0. The maximum Gasteiger partial charge on any atom is -0.369 e. The first-order valence-corrected chi connectivity index (χ1v) is 0. The monoisotopic (exact) mass is 212 g/mol. The van der Waals surface area contributed by atoms with E-state index in [2.05, 4.69) is 0 Å². The molecule has 0 rings (SSSR count). The largest absolute Gasteiger partial charge is 1.00 e. The van der Waals surface area contributed by atoms with Crippen molar-refractivity contribution < 1.29 is 39.4 Å². The lowest BCUT2D eigenvalue weighted by molar-refractivity contribution is -0.001000. The number of halogens is 2. The average molecular weight is 214 g/mol. The van der Waals surface area contributed by atoms with Crippen LogP contribution in [0.1, 0.15) is 0 Å². The Labute approximate surface area is 52.1 Å². The van der Waals surface area contributed by atoms with Crippen molar-refractivity contribution in [3.8, 4) is 0 Å².